The Balaban J connectivity index is 1.55. The zero-order valence-corrected chi connectivity index (χ0v) is 18.6. The molecule has 1 fully saturated rings. The van der Waals surface area contributed by atoms with E-state index in [2.05, 4.69) is 26.3 Å². The Morgan fingerprint density at radius 1 is 1.23 bits per heavy atom. The van der Waals surface area contributed by atoms with E-state index in [1.165, 1.54) is 16.4 Å². The number of halogens is 1. The van der Waals surface area contributed by atoms with Crippen molar-refractivity contribution in [3.05, 3.63) is 68.9 Å². The number of carbonyl (C=O) groups is 2. The SMILES string of the molecule is CSc1nc2ccc(Br)cc2c(=O)n1NC(=O)C1CC(=O)N(Cc2ccccc2)C1. The van der Waals surface area contributed by atoms with E-state index >= 15 is 0 Å². The van der Waals surface area contributed by atoms with E-state index in [0.717, 1.165) is 10.0 Å². The van der Waals surface area contributed by atoms with Crippen molar-refractivity contribution in [3.63, 3.8) is 0 Å². The fraction of sp³-hybridized carbons (Fsp3) is 0.238. The highest BCUT2D eigenvalue weighted by Gasteiger charge is 2.34. The van der Waals surface area contributed by atoms with Gasteiger partial charge in [-0.1, -0.05) is 58.0 Å². The van der Waals surface area contributed by atoms with Gasteiger partial charge in [-0.2, -0.15) is 4.68 Å². The monoisotopic (exact) mass is 486 g/mol. The normalized spacial score (nSPS) is 16.3. The minimum absolute atomic E-state index is 0.0722. The van der Waals surface area contributed by atoms with Crippen molar-refractivity contribution in [2.24, 2.45) is 5.92 Å². The predicted molar refractivity (Wildman–Crippen MR) is 120 cm³/mol. The summed E-state index contributed by atoms with van der Waals surface area (Å²) in [6.07, 6.45) is 1.91. The number of rotatable bonds is 5. The maximum atomic E-state index is 13.0. The van der Waals surface area contributed by atoms with E-state index < -0.39 is 5.92 Å². The zero-order valence-electron chi connectivity index (χ0n) is 16.2. The molecule has 0 spiro atoms. The van der Waals surface area contributed by atoms with E-state index in [1.54, 1.807) is 23.3 Å². The number of hydrogen-bond acceptors (Lipinski definition) is 5. The van der Waals surface area contributed by atoms with Gasteiger partial charge in [-0.15, -0.1) is 0 Å². The molecule has 3 aromatic rings. The second-order valence-electron chi connectivity index (χ2n) is 7.04. The summed E-state index contributed by atoms with van der Waals surface area (Å²) >= 11 is 4.62. The van der Waals surface area contributed by atoms with Crippen molar-refractivity contribution in [3.8, 4) is 0 Å². The number of likely N-dealkylation sites (tertiary alicyclic amines) is 1. The summed E-state index contributed by atoms with van der Waals surface area (Å²) in [4.78, 5) is 44.4. The number of nitrogens with zero attached hydrogens (tertiary/aromatic N) is 3. The Bertz CT molecular complexity index is 1180. The molecule has 1 saturated heterocycles. The number of hydrogen-bond donors (Lipinski definition) is 1. The summed E-state index contributed by atoms with van der Waals surface area (Å²) in [6, 6.07) is 14.9. The number of thioether (sulfide) groups is 1. The van der Waals surface area contributed by atoms with Gasteiger partial charge in [0.2, 0.25) is 11.8 Å². The second-order valence-corrected chi connectivity index (χ2v) is 8.73. The van der Waals surface area contributed by atoms with Crippen LogP contribution in [0.15, 0.2) is 63.0 Å². The minimum atomic E-state index is -0.527. The van der Waals surface area contributed by atoms with Crippen LogP contribution < -0.4 is 11.0 Å². The van der Waals surface area contributed by atoms with Crippen LogP contribution in [0.25, 0.3) is 10.9 Å². The van der Waals surface area contributed by atoms with Crippen molar-refractivity contribution in [1.82, 2.24) is 14.6 Å². The van der Waals surface area contributed by atoms with Gasteiger partial charge in [-0.05, 0) is 30.0 Å². The lowest BCUT2D eigenvalue weighted by Gasteiger charge is -2.18. The fourth-order valence-electron chi connectivity index (χ4n) is 3.48. The van der Waals surface area contributed by atoms with Crippen LogP contribution >= 0.6 is 27.7 Å². The highest BCUT2D eigenvalue weighted by Crippen LogP contribution is 2.22. The topological polar surface area (TPSA) is 84.3 Å². The van der Waals surface area contributed by atoms with Gasteiger partial charge in [0, 0.05) is 24.0 Å². The lowest BCUT2D eigenvalue weighted by atomic mass is 10.1. The number of fused-ring (bicyclic) bond motifs is 1. The Labute approximate surface area is 185 Å². The number of aromatic nitrogens is 2. The number of nitrogens with one attached hydrogen (secondary N) is 1. The van der Waals surface area contributed by atoms with E-state index in [4.69, 9.17) is 0 Å². The molecule has 0 aliphatic carbocycles. The standard InChI is InChI=1S/C21H19BrN4O3S/c1-30-21-23-17-8-7-15(22)10-16(17)20(29)26(21)24-19(28)14-9-18(27)25(12-14)11-13-5-3-2-4-6-13/h2-8,10,14H,9,11-12H2,1H3,(H,24,28). The Morgan fingerprint density at radius 2 is 2.00 bits per heavy atom. The maximum Gasteiger partial charge on any atom is 0.281 e. The van der Waals surface area contributed by atoms with Gasteiger partial charge < -0.3 is 4.90 Å². The van der Waals surface area contributed by atoms with Crippen molar-refractivity contribution < 1.29 is 9.59 Å². The van der Waals surface area contributed by atoms with Crippen LogP contribution in [-0.2, 0) is 16.1 Å². The first kappa shape index (κ1) is 20.6. The average Bonchev–Trinajstić information content (AvgIpc) is 3.11. The molecule has 1 N–H and O–H groups in total. The fourth-order valence-corrected chi connectivity index (χ4v) is 4.34. The smallest absolute Gasteiger partial charge is 0.281 e. The van der Waals surface area contributed by atoms with Gasteiger partial charge in [-0.25, -0.2) is 4.98 Å². The summed E-state index contributed by atoms with van der Waals surface area (Å²) in [6.45, 7) is 0.778. The number of carbonyl (C=O) groups excluding carboxylic acids is 2. The van der Waals surface area contributed by atoms with Crippen LogP contribution in [0.3, 0.4) is 0 Å². The van der Waals surface area contributed by atoms with Gasteiger partial charge in [-0.3, -0.25) is 19.8 Å². The molecular formula is C21H19BrN4O3S. The van der Waals surface area contributed by atoms with Crippen LogP contribution in [0.1, 0.15) is 12.0 Å². The van der Waals surface area contributed by atoms with Gasteiger partial charge >= 0.3 is 0 Å². The second kappa shape index (κ2) is 8.61. The molecule has 9 heteroatoms. The molecule has 7 nitrogen and oxygen atoms in total. The van der Waals surface area contributed by atoms with Crippen LogP contribution in [-0.4, -0.2) is 39.2 Å². The minimum Gasteiger partial charge on any atom is -0.338 e. The summed E-state index contributed by atoms with van der Waals surface area (Å²) in [5, 5.41) is 0.782. The Kier molecular flexibility index (Phi) is 5.92. The van der Waals surface area contributed by atoms with Crippen LogP contribution in [0.5, 0.6) is 0 Å². The molecule has 2 amide bonds. The third kappa shape index (κ3) is 4.13. The van der Waals surface area contributed by atoms with Crippen molar-refractivity contribution >= 4 is 50.4 Å². The Hall–Kier alpha value is -2.65. The van der Waals surface area contributed by atoms with Crippen LogP contribution in [0, 0.1) is 5.92 Å². The molecule has 0 saturated carbocycles. The highest BCUT2D eigenvalue weighted by atomic mass is 79.9. The molecule has 2 aromatic carbocycles. The first-order valence-electron chi connectivity index (χ1n) is 9.35. The summed E-state index contributed by atoms with van der Waals surface area (Å²) in [7, 11) is 0. The van der Waals surface area contributed by atoms with E-state index in [1.807, 2.05) is 36.4 Å². The van der Waals surface area contributed by atoms with Crippen LogP contribution in [0.2, 0.25) is 0 Å². The van der Waals surface area contributed by atoms with E-state index in [0.29, 0.717) is 29.1 Å². The molecule has 1 unspecified atom stereocenters. The lowest BCUT2D eigenvalue weighted by Crippen LogP contribution is -2.38. The van der Waals surface area contributed by atoms with Gasteiger partial charge in [0.05, 0.1) is 16.8 Å². The molecule has 30 heavy (non-hydrogen) atoms. The molecule has 4 rings (SSSR count). The first-order valence-corrected chi connectivity index (χ1v) is 11.4. The van der Waals surface area contributed by atoms with Crippen molar-refractivity contribution in [2.45, 2.75) is 18.1 Å². The number of benzene rings is 2. The zero-order chi connectivity index (χ0) is 21.3. The molecular weight excluding hydrogens is 468 g/mol. The van der Waals surface area contributed by atoms with E-state index in [9.17, 15) is 14.4 Å². The average molecular weight is 487 g/mol. The number of amides is 2. The summed E-state index contributed by atoms with van der Waals surface area (Å²) in [5.74, 6) is -0.967. The third-order valence-corrected chi connectivity index (χ3v) is 6.14. The third-order valence-electron chi connectivity index (χ3n) is 5.01. The maximum absolute atomic E-state index is 13.0. The lowest BCUT2D eigenvalue weighted by molar-refractivity contribution is -0.128. The summed E-state index contributed by atoms with van der Waals surface area (Å²) in [5.41, 5.74) is 3.89. The van der Waals surface area contributed by atoms with Crippen molar-refractivity contribution in [1.29, 1.82) is 0 Å². The molecule has 1 atom stereocenters. The largest absolute Gasteiger partial charge is 0.338 e. The summed E-state index contributed by atoms with van der Waals surface area (Å²) < 4.78 is 1.92. The van der Waals surface area contributed by atoms with E-state index in [-0.39, 0.29) is 23.8 Å². The highest BCUT2D eigenvalue weighted by molar-refractivity contribution is 9.10. The van der Waals surface area contributed by atoms with Gasteiger partial charge in [0.1, 0.15) is 0 Å². The molecule has 1 aromatic heterocycles. The molecule has 1 aliphatic heterocycles. The first-order chi connectivity index (χ1) is 14.5. The molecule has 154 valence electrons. The van der Waals surface area contributed by atoms with Crippen molar-refractivity contribution in [2.75, 3.05) is 18.2 Å². The van der Waals surface area contributed by atoms with Gasteiger partial charge in [0.15, 0.2) is 5.16 Å². The predicted octanol–water partition coefficient (Wildman–Crippen LogP) is 3.00. The molecule has 1 aliphatic rings. The Morgan fingerprint density at radius 3 is 2.73 bits per heavy atom. The molecule has 2 heterocycles. The molecule has 0 radical (unpaired) electrons. The van der Waals surface area contributed by atoms with Gasteiger partial charge in [0.25, 0.3) is 5.56 Å². The van der Waals surface area contributed by atoms with Crippen LogP contribution in [0.4, 0.5) is 0 Å². The quantitative estimate of drug-likeness (QED) is 0.442. The molecule has 0 bridgehead atoms.